The van der Waals surface area contributed by atoms with Crippen LogP contribution in [-0.2, 0) is 4.74 Å². The quantitative estimate of drug-likeness (QED) is 0.568. The predicted octanol–water partition coefficient (Wildman–Crippen LogP) is 3.63. The first kappa shape index (κ1) is 9.94. The highest BCUT2D eigenvalue weighted by atomic mass is 16.6. The van der Waals surface area contributed by atoms with Crippen molar-refractivity contribution < 1.29 is 4.74 Å². The predicted molar refractivity (Wildman–Crippen MR) is 64.1 cm³/mol. The fourth-order valence-electron chi connectivity index (χ4n) is 6.21. The molecule has 3 aliphatic carbocycles. The minimum atomic E-state index is 0.263. The summed E-state index contributed by atoms with van der Waals surface area (Å²) in [5, 5.41) is 0. The summed E-state index contributed by atoms with van der Waals surface area (Å²) in [5.74, 6) is 2.75. The molecular formula is C15H24O. The van der Waals surface area contributed by atoms with Crippen LogP contribution >= 0.6 is 0 Å². The highest BCUT2D eigenvalue weighted by Crippen LogP contribution is 2.77. The van der Waals surface area contributed by atoms with E-state index in [4.69, 9.17) is 4.74 Å². The van der Waals surface area contributed by atoms with E-state index in [2.05, 4.69) is 27.7 Å². The Labute approximate surface area is 98.9 Å². The molecule has 4 fully saturated rings. The van der Waals surface area contributed by atoms with Gasteiger partial charge in [-0.15, -0.1) is 0 Å². The van der Waals surface area contributed by atoms with Crippen molar-refractivity contribution in [2.75, 3.05) is 0 Å². The molecule has 0 aromatic heterocycles. The third-order valence-electron chi connectivity index (χ3n) is 7.18. The van der Waals surface area contributed by atoms with E-state index in [-0.39, 0.29) is 5.60 Å². The molecule has 1 saturated heterocycles. The van der Waals surface area contributed by atoms with E-state index in [1.54, 1.807) is 0 Å². The average Bonchev–Trinajstić information content (AvgIpc) is 2.67. The molecule has 6 atom stereocenters. The molecule has 0 unspecified atom stereocenters. The Balaban J connectivity index is 1.85. The van der Waals surface area contributed by atoms with Gasteiger partial charge in [-0.05, 0) is 61.2 Å². The average molecular weight is 220 g/mol. The van der Waals surface area contributed by atoms with Gasteiger partial charge in [-0.3, -0.25) is 0 Å². The fraction of sp³-hybridized carbons (Fsp3) is 1.00. The Kier molecular flexibility index (Phi) is 1.48. The molecule has 1 aliphatic heterocycles. The lowest BCUT2D eigenvalue weighted by molar-refractivity contribution is 0.0866. The highest BCUT2D eigenvalue weighted by Gasteiger charge is 2.76. The van der Waals surface area contributed by atoms with Gasteiger partial charge in [0, 0.05) is 0 Å². The molecule has 16 heavy (non-hydrogen) atoms. The SMILES string of the molecule is C[C@@H]1CC[C@@H]2C(C)(C)[C@@H]3C[C@@]12C[C@H]1O[C@@]13C. The van der Waals surface area contributed by atoms with Crippen molar-refractivity contribution in [1.29, 1.82) is 0 Å². The summed E-state index contributed by atoms with van der Waals surface area (Å²) in [5.41, 5.74) is 1.44. The lowest BCUT2D eigenvalue weighted by atomic mass is 9.66. The van der Waals surface area contributed by atoms with Gasteiger partial charge in [0.15, 0.2) is 0 Å². The molecule has 0 amide bonds. The molecule has 4 rings (SSSR count). The lowest BCUT2D eigenvalue weighted by Gasteiger charge is -2.37. The van der Waals surface area contributed by atoms with Crippen LogP contribution in [0.1, 0.15) is 53.4 Å². The van der Waals surface area contributed by atoms with Crippen molar-refractivity contribution in [1.82, 2.24) is 0 Å². The molecule has 0 radical (unpaired) electrons. The summed E-state index contributed by atoms with van der Waals surface area (Å²) in [6.45, 7) is 9.93. The van der Waals surface area contributed by atoms with Crippen molar-refractivity contribution in [2.45, 2.75) is 65.1 Å². The molecule has 3 saturated carbocycles. The molecule has 1 spiro atoms. The molecule has 1 nitrogen and oxygen atoms in total. The van der Waals surface area contributed by atoms with Crippen molar-refractivity contribution in [2.24, 2.45) is 28.6 Å². The van der Waals surface area contributed by atoms with Gasteiger partial charge in [0.05, 0.1) is 11.7 Å². The molecule has 1 heterocycles. The Bertz CT molecular complexity index is 356. The largest absolute Gasteiger partial charge is 0.366 e. The maximum Gasteiger partial charge on any atom is 0.0954 e. The van der Waals surface area contributed by atoms with Gasteiger partial charge in [-0.1, -0.05) is 20.8 Å². The number of rotatable bonds is 0. The summed E-state index contributed by atoms with van der Waals surface area (Å²) < 4.78 is 6.09. The summed E-state index contributed by atoms with van der Waals surface area (Å²) in [4.78, 5) is 0. The van der Waals surface area contributed by atoms with Crippen LogP contribution in [0, 0.1) is 28.6 Å². The molecular weight excluding hydrogens is 196 g/mol. The fourth-order valence-corrected chi connectivity index (χ4v) is 6.21. The maximum absolute atomic E-state index is 6.09. The van der Waals surface area contributed by atoms with E-state index in [9.17, 15) is 0 Å². The van der Waals surface area contributed by atoms with Gasteiger partial charge in [-0.25, -0.2) is 0 Å². The second-order valence-electron chi connectivity index (χ2n) is 7.84. The first-order valence-corrected chi connectivity index (χ1v) is 7.09. The Morgan fingerprint density at radius 2 is 1.75 bits per heavy atom. The van der Waals surface area contributed by atoms with Crippen LogP contribution in [0.25, 0.3) is 0 Å². The van der Waals surface area contributed by atoms with Crippen LogP contribution in [-0.4, -0.2) is 11.7 Å². The van der Waals surface area contributed by atoms with Crippen LogP contribution in [0.4, 0.5) is 0 Å². The molecule has 4 aliphatic rings. The van der Waals surface area contributed by atoms with E-state index in [0.29, 0.717) is 16.9 Å². The third-order valence-corrected chi connectivity index (χ3v) is 7.18. The summed E-state index contributed by atoms with van der Waals surface area (Å²) in [6, 6.07) is 0. The lowest BCUT2D eigenvalue weighted by Crippen LogP contribution is -2.36. The van der Waals surface area contributed by atoms with Crippen LogP contribution in [0.2, 0.25) is 0 Å². The van der Waals surface area contributed by atoms with Gasteiger partial charge in [0.1, 0.15) is 0 Å². The van der Waals surface area contributed by atoms with Crippen molar-refractivity contribution >= 4 is 0 Å². The zero-order chi connectivity index (χ0) is 11.3. The van der Waals surface area contributed by atoms with Gasteiger partial charge < -0.3 is 4.74 Å². The Morgan fingerprint density at radius 3 is 2.50 bits per heavy atom. The minimum Gasteiger partial charge on any atom is -0.366 e. The number of ether oxygens (including phenoxy) is 1. The van der Waals surface area contributed by atoms with E-state index < -0.39 is 0 Å². The molecule has 0 N–H and O–H groups in total. The first-order valence-electron chi connectivity index (χ1n) is 7.09. The standard InChI is InChI=1S/C15H24O/c1-9-5-6-10-13(2,3)11-7-15(9,10)8-12-14(11,4)16-12/h9-12H,5-8H2,1-4H3/t9-,10-,11+,12-,14-,15-/m1/s1. The smallest absolute Gasteiger partial charge is 0.0954 e. The highest BCUT2D eigenvalue weighted by molar-refractivity contribution is 5.24. The van der Waals surface area contributed by atoms with Crippen molar-refractivity contribution in [3.05, 3.63) is 0 Å². The van der Waals surface area contributed by atoms with Crippen LogP contribution in [0.5, 0.6) is 0 Å². The second-order valence-corrected chi connectivity index (χ2v) is 7.84. The normalized spacial score (nSPS) is 65.2. The Morgan fingerprint density at radius 1 is 1.00 bits per heavy atom. The first-order chi connectivity index (χ1) is 7.41. The van der Waals surface area contributed by atoms with Gasteiger partial charge in [0.2, 0.25) is 0 Å². The van der Waals surface area contributed by atoms with E-state index in [1.807, 2.05) is 0 Å². The zero-order valence-corrected chi connectivity index (χ0v) is 11.0. The summed E-state index contributed by atoms with van der Waals surface area (Å²) in [6.07, 6.45) is 6.38. The zero-order valence-electron chi connectivity index (χ0n) is 11.0. The third kappa shape index (κ3) is 0.805. The summed E-state index contributed by atoms with van der Waals surface area (Å²) >= 11 is 0. The molecule has 0 aromatic rings. The number of epoxide rings is 1. The summed E-state index contributed by atoms with van der Waals surface area (Å²) in [7, 11) is 0. The number of fused-ring (bicyclic) bond motifs is 3. The number of hydrogen-bond acceptors (Lipinski definition) is 1. The Hall–Kier alpha value is -0.0400. The topological polar surface area (TPSA) is 12.5 Å². The van der Waals surface area contributed by atoms with Gasteiger partial charge in [-0.2, -0.15) is 0 Å². The van der Waals surface area contributed by atoms with Gasteiger partial charge in [0.25, 0.3) is 0 Å². The van der Waals surface area contributed by atoms with E-state index in [0.717, 1.165) is 17.8 Å². The molecule has 1 heteroatoms. The molecule has 0 aromatic carbocycles. The molecule has 90 valence electrons. The van der Waals surface area contributed by atoms with Crippen LogP contribution in [0.15, 0.2) is 0 Å². The van der Waals surface area contributed by atoms with E-state index in [1.165, 1.54) is 25.7 Å². The van der Waals surface area contributed by atoms with Crippen LogP contribution in [0.3, 0.4) is 0 Å². The maximum atomic E-state index is 6.09. The van der Waals surface area contributed by atoms with E-state index >= 15 is 0 Å². The van der Waals surface area contributed by atoms with Crippen molar-refractivity contribution in [3.8, 4) is 0 Å². The van der Waals surface area contributed by atoms with Crippen molar-refractivity contribution in [3.63, 3.8) is 0 Å². The van der Waals surface area contributed by atoms with Crippen LogP contribution < -0.4 is 0 Å². The number of hydrogen-bond donors (Lipinski definition) is 0. The monoisotopic (exact) mass is 220 g/mol. The molecule has 2 bridgehead atoms. The second kappa shape index (κ2) is 2.39. The minimum absolute atomic E-state index is 0.263. The van der Waals surface area contributed by atoms with Gasteiger partial charge >= 0.3 is 0 Å².